The molecule has 3 nitrogen and oxygen atoms in total. The van der Waals surface area contributed by atoms with Crippen molar-refractivity contribution in [2.45, 2.75) is 44.7 Å². The first-order chi connectivity index (χ1) is 14.0. The minimum Gasteiger partial charge on any atom is -0.493 e. The molecule has 30 heavy (non-hydrogen) atoms. The zero-order valence-electron chi connectivity index (χ0n) is 16.7. The lowest BCUT2D eigenvalue weighted by Crippen LogP contribution is -2.49. The number of benzene rings is 1. The van der Waals surface area contributed by atoms with E-state index in [0.29, 0.717) is 43.0 Å². The summed E-state index contributed by atoms with van der Waals surface area (Å²) in [6.07, 6.45) is -2.51. The Bertz CT molecular complexity index is 758. The van der Waals surface area contributed by atoms with Gasteiger partial charge in [-0.15, -0.1) is 0 Å². The number of halogens is 6. The molecule has 0 spiro atoms. The summed E-state index contributed by atoms with van der Waals surface area (Å²) in [6, 6.07) is 4.13. The second-order valence-electron chi connectivity index (χ2n) is 8.31. The van der Waals surface area contributed by atoms with E-state index in [1.165, 1.54) is 24.0 Å². The number of alkyl halides is 5. The summed E-state index contributed by atoms with van der Waals surface area (Å²) in [5.74, 6) is -4.09. The summed E-state index contributed by atoms with van der Waals surface area (Å²) in [5.41, 5.74) is 0.0175. The van der Waals surface area contributed by atoms with Crippen LogP contribution in [0.15, 0.2) is 18.2 Å². The van der Waals surface area contributed by atoms with Crippen LogP contribution in [0.5, 0.6) is 5.75 Å². The van der Waals surface area contributed by atoms with Crippen LogP contribution in [-0.2, 0) is 0 Å². The zero-order chi connectivity index (χ0) is 22.1. The summed E-state index contributed by atoms with van der Waals surface area (Å²) in [4.78, 5) is 12.4. The Labute approximate surface area is 171 Å². The SMILES string of the molecule is CC(=O)c1ccc(OCCC2CC2C2CCN(CC(F)(F)C(F)(F)F)CC2)cc1F. The highest BCUT2D eigenvalue weighted by Crippen LogP contribution is 2.50. The van der Waals surface area contributed by atoms with Gasteiger partial charge in [0.2, 0.25) is 0 Å². The zero-order valence-corrected chi connectivity index (χ0v) is 16.7. The lowest BCUT2D eigenvalue weighted by Gasteiger charge is -2.34. The van der Waals surface area contributed by atoms with Crippen molar-refractivity contribution >= 4 is 5.78 Å². The molecule has 1 aromatic rings. The van der Waals surface area contributed by atoms with Gasteiger partial charge >= 0.3 is 12.1 Å². The van der Waals surface area contributed by atoms with Gasteiger partial charge in [0, 0.05) is 6.07 Å². The number of rotatable bonds is 8. The number of hydrogen-bond donors (Lipinski definition) is 0. The van der Waals surface area contributed by atoms with E-state index >= 15 is 0 Å². The second kappa shape index (κ2) is 8.77. The van der Waals surface area contributed by atoms with Crippen LogP contribution in [0.4, 0.5) is 26.3 Å². The van der Waals surface area contributed by atoms with E-state index in [9.17, 15) is 31.1 Å². The minimum absolute atomic E-state index is 0.0175. The van der Waals surface area contributed by atoms with Gasteiger partial charge in [0.05, 0.1) is 18.7 Å². The molecule has 0 amide bonds. The molecule has 2 aliphatic rings. The first-order valence-electron chi connectivity index (χ1n) is 10.1. The number of Topliss-reactive ketones (excluding diaryl/α,β-unsaturated/α-hetero) is 1. The molecular formula is C21H25F6NO2. The molecule has 1 aromatic carbocycles. The average Bonchev–Trinajstić information content (AvgIpc) is 3.40. The molecule has 2 fully saturated rings. The van der Waals surface area contributed by atoms with E-state index in [2.05, 4.69) is 0 Å². The fraction of sp³-hybridized carbons (Fsp3) is 0.667. The third-order valence-corrected chi connectivity index (χ3v) is 6.13. The van der Waals surface area contributed by atoms with Gasteiger partial charge in [-0.1, -0.05) is 0 Å². The number of ketones is 1. The summed E-state index contributed by atoms with van der Waals surface area (Å²) in [5, 5.41) is 0. The third kappa shape index (κ3) is 5.47. The monoisotopic (exact) mass is 437 g/mol. The first-order valence-corrected chi connectivity index (χ1v) is 10.1. The molecule has 1 aliphatic carbocycles. The number of carbonyl (C=O) groups is 1. The van der Waals surface area contributed by atoms with E-state index in [0.717, 1.165) is 12.8 Å². The van der Waals surface area contributed by atoms with Crippen LogP contribution < -0.4 is 4.74 Å². The van der Waals surface area contributed by atoms with Crippen molar-refractivity contribution < 1.29 is 35.9 Å². The van der Waals surface area contributed by atoms with Crippen molar-refractivity contribution in [1.29, 1.82) is 0 Å². The van der Waals surface area contributed by atoms with Crippen molar-refractivity contribution in [1.82, 2.24) is 4.90 Å². The largest absolute Gasteiger partial charge is 0.493 e. The Morgan fingerprint density at radius 3 is 2.40 bits per heavy atom. The van der Waals surface area contributed by atoms with E-state index in [-0.39, 0.29) is 24.4 Å². The quantitative estimate of drug-likeness (QED) is 0.406. The topological polar surface area (TPSA) is 29.5 Å². The maximum atomic E-state index is 13.8. The Balaban J connectivity index is 1.37. The van der Waals surface area contributed by atoms with Gasteiger partial charge in [-0.2, -0.15) is 22.0 Å². The standard InChI is InChI=1S/C21H25F6NO2/c1-13(29)17-3-2-16(11-19(17)22)30-9-6-15-10-18(15)14-4-7-28(8-5-14)12-20(23,24)21(25,26)27/h2-3,11,14-15,18H,4-10,12H2,1H3. The van der Waals surface area contributed by atoms with Crippen molar-refractivity contribution in [3.8, 4) is 5.75 Å². The number of hydrogen-bond acceptors (Lipinski definition) is 3. The predicted molar refractivity (Wildman–Crippen MR) is 98.3 cm³/mol. The Morgan fingerprint density at radius 1 is 1.17 bits per heavy atom. The normalized spacial score (nSPS) is 23.4. The van der Waals surface area contributed by atoms with Gasteiger partial charge in [-0.05, 0) is 75.6 Å². The highest BCUT2D eigenvalue weighted by atomic mass is 19.4. The smallest absolute Gasteiger partial charge is 0.454 e. The summed E-state index contributed by atoms with van der Waals surface area (Å²) < 4.78 is 82.8. The molecule has 2 atom stereocenters. The van der Waals surface area contributed by atoms with Gasteiger partial charge < -0.3 is 4.74 Å². The minimum atomic E-state index is -5.51. The van der Waals surface area contributed by atoms with Crippen LogP contribution in [0.25, 0.3) is 0 Å². The van der Waals surface area contributed by atoms with Gasteiger partial charge in [0.15, 0.2) is 5.78 Å². The molecule has 0 aromatic heterocycles. The van der Waals surface area contributed by atoms with E-state index in [4.69, 9.17) is 4.74 Å². The molecule has 9 heteroatoms. The summed E-state index contributed by atoms with van der Waals surface area (Å²) in [6.45, 7) is 0.912. The maximum Gasteiger partial charge on any atom is 0.454 e. The van der Waals surface area contributed by atoms with Gasteiger partial charge in [0.1, 0.15) is 11.6 Å². The van der Waals surface area contributed by atoms with Gasteiger partial charge in [-0.3, -0.25) is 9.69 Å². The van der Waals surface area contributed by atoms with Crippen LogP contribution in [-0.4, -0.2) is 49.0 Å². The van der Waals surface area contributed by atoms with E-state index in [1.54, 1.807) is 6.07 Å². The van der Waals surface area contributed by atoms with Crippen LogP contribution in [0.3, 0.4) is 0 Å². The predicted octanol–water partition coefficient (Wildman–Crippen LogP) is 5.34. The first kappa shape index (κ1) is 22.9. The molecule has 1 aliphatic heterocycles. The second-order valence-corrected chi connectivity index (χ2v) is 8.31. The van der Waals surface area contributed by atoms with Crippen LogP contribution in [0, 0.1) is 23.6 Å². The molecule has 1 saturated heterocycles. The van der Waals surface area contributed by atoms with Crippen molar-refractivity contribution in [2.75, 3.05) is 26.2 Å². The lowest BCUT2D eigenvalue weighted by atomic mass is 9.90. The molecule has 0 N–H and O–H groups in total. The number of piperidine rings is 1. The Morgan fingerprint density at radius 2 is 1.83 bits per heavy atom. The molecular weight excluding hydrogens is 412 g/mol. The molecule has 1 saturated carbocycles. The van der Waals surface area contributed by atoms with Crippen molar-refractivity contribution in [3.05, 3.63) is 29.6 Å². The molecule has 168 valence electrons. The van der Waals surface area contributed by atoms with Gasteiger partial charge in [-0.25, -0.2) is 4.39 Å². The van der Waals surface area contributed by atoms with E-state index < -0.39 is 24.5 Å². The summed E-state index contributed by atoms with van der Waals surface area (Å²) >= 11 is 0. The van der Waals surface area contributed by atoms with E-state index in [1.807, 2.05) is 0 Å². The molecule has 1 heterocycles. The maximum absolute atomic E-state index is 13.8. The third-order valence-electron chi connectivity index (χ3n) is 6.13. The van der Waals surface area contributed by atoms with Crippen LogP contribution in [0.2, 0.25) is 0 Å². The number of nitrogens with zero attached hydrogens (tertiary/aromatic N) is 1. The van der Waals surface area contributed by atoms with Gasteiger partial charge in [0.25, 0.3) is 0 Å². The van der Waals surface area contributed by atoms with Crippen molar-refractivity contribution in [2.24, 2.45) is 17.8 Å². The highest BCUT2D eigenvalue weighted by Gasteiger charge is 2.58. The Hall–Kier alpha value is -1.77. The van der Waals surface area contributed by atoms with Crippen molar-refractivity contribution in [3.63, 3.8) is 0 Å². The summed E-state index contributed by atoms with van der Waals surface area (Å²) in [7, 11) is 0. The number of carbonyl (C=O) groups excluding carboxylic acids is 1. The van der Waals surface area contributed by atoms with Crippen LogP contribution in [0.1, 0.15) is 43.0 Å². The number of likely N-dealkylation sites (tertiary alicyclic amines) is 1. The number of ether oxygens (including phenoxy) is 1. The Kier molecular flexibility index (Phi) is 6.69. The molecule has 3 rings (SSSR count). The average molecular weight is 437 g/mol. The fourth-order valence-electron chi connectivity index (χ4n) is 4.29. The van der Waals surface area contributed by atoms with Crippen LogP contribution >= 0.6 is 0 Å². The fourth-order valence-corrected chi connectivity index (χ4v) is 4.29. The lowest BCUT2D eigenvalue weighted by molar-refractivity contribution is -0.287. The highest BCUT2D eigenvalue weighted by molar-refractivity contribution is 5.94. The molecule has 0 radical (unpaired) electrons. The molecule has 0 bridgehead atoms. The molecule has 2 unspecified atom stereocenters.